The van der Waals surface area contributed by atoms with Crippen LogP contribution in [-0.2, 0) is 0 Å². The van der Waals surface area contributed by atoms with Gasteiger partial charge in [0, 0.05) is 5.02 Å². The SMILES string of the molecule is CCCCC1CCC2CC(c3ccc(Cl)cc3)CCC2C1. The monoisotopic (exact) mass is 304 g/mol. The van der Waals surface area contributed by atoms with Crippen LogP contribution in [0.25, 0.3) is 0 Å². The fourth-order valence-corrected chi connectivity index (χ4v) is 4.91. The number of benzene rings is 1. The zero-order valence-electron chi connectivity index (χ0n) is 13.4. The summed E-state index contributed by atoms with van der Waals surface area (Å²) in [6.45, 7) is 2.32. The molecule has 0 saturated heterocycles. The zero-order chi connectivity index (χ0) is 14.7. The highest BCUT2D eigenvalue weighted by atomic mass is 35.5. The fraction of sp³-hybridized carbons (Fsp3) is 0.700. The van der Waals surface area contributed by atoms with E-state index in [2.05, 4.69) is 31.2 Å². The van der Waals surface area contributed by atoms with Crippen LogP contribution in [-0.4, -0.2) is 0 Å². The molecule has 0 bridgehead atoms. The maximum Gasteiger partial charge on any atom is 0.0406 e. The lowest BCUT2D eigenvalue weighted by Gasteiger charge is -2.42. The van der Waals surface area contributed by atoms with Gasteiger partial charge in [-0.2, -0.15) is 0 Å². The van der Waals surface area contributed by atoms with E-state index in [4.69, 9.17) is 11.6 Å². The summed E-state index contributed by atoms with van der Waals surface area (Å²) < 4.78 is 0. The minimum absolute atomic E-state index is 0.788. The van der Waals surface area contributed by atoms with Gasteiger partial charge in [-0.25, -0.2) is 0 Å². The molecule has 4 unspecified atom stereocenters. The Bertz CT molecular complexity index is 436. The fourth-order valence-electron chi connectivity index (χ4n) is 4.78. The number of rotatable bonds is 4. The van der Waals surface area contributed by atoms with E-state index in [0.717, 1.165) is 28.7 Å². The van der Waals surface area contributed by atoms with E-state index in [1.165, 1.54) is 63.4 Å². The van der Waals surface area contributed by atoms with Gasteiger partial charge in [-0.15, -0.1) is 0 Å². The molecule has 2 aliphatic carbocycles. The summed E-state index contributed by atoms with van der Waals surface area (Å²) in [5, 5.41) is 0.865. The molecule has 1 aromatic rings. The second kappa shape index (κ2) is 7.18. The van der Waals surface area contributed by atoms with Crippen molar-refractivity contribution in [2.75, 3.05) is 0 Å². The zero-order valence-corrected chi connectivity index (χ0v) is 14.1. The van der Waals surface area contributed by atoms with Gasteiger partial charge < -0.3 is 0 Å². The Morgan fingerprint density at radius 3 is 2.43 bits per heavy atom. The molecular weight excluding hydrogens is 276 g/mol. The van der Waals surface area contributed by atoms with Crippen molar-refractivity contribution in [3.8, 4) is 0 Å². The molecule has 1 heteroatoms. The molecule has 3 rings (SSSR count). The van der Waals surface area contributed by atoms with Crippen LogP contribution in [0.1, 0.15) is 76.2 Å². The van der Waals surface area contributed by atoms with Gasteiger partial charge in [-0.05, 0) is 73.5 Å². The van der Waals surface area contributed by atoms with Gasteiger partial charge in [0.1, 0.15) is 0 Å². The van der Waals surface area contributed by atoms with Crippen molar-refractivity contribution in [3.63, 3.8) is 0 Å². The third kappa shape index (κ3) is 3.83. The first-order chi connectivity index (χ1) is 10.3. The molecular formula is C20H29Cl. The van der Waals surface area contributed by atoms with E-state index >= 15 is 0 Å². The first-order valence-electron chi connectivity index (χ1n) is 9.01. The van der Waals surface area contributed by atoms with Gasteiger partial charge in [-0.3, -0.25) is 0 Å². The molecule has 4 atom stereocenters. The Labute approximate surface area is 135 Å². The van der Waals surface area contributed by atoms with Gasteiger partial charge in [0.15, 0.2) is 0 Å². The van der Waals surface area contributed by atoms with Gasteiger partial charge in [0.25, 0.3) is 0 Å². The lowest BCUT2D eigenvalue weighted by molar-refractivity contribution is 0.113. The topological polar surface area (TPSA) is 0 Å². The number of unbranched alkanes of at least 4 members (excludes halogenated alkanes) is 1. The third-order valence-electron chi connectivity index (χ3n) is 6.03. The highest BCUT2D eigenvalue weighted by Gasteiger charge is 2.35. The quantitative estimate of drug-likeness (QED) is 0.572. The summed E-state index contributed by atoms with van der Waals surface area (Å²) >= 11 is 6.02. The number of halogens is 1. The molecule has 0 heterocycles. The van der Waals surface area contributed by atoms with Crippen LogP contribution in [0.4, 0.5) is 0 Å². The molecule has 0 nitrogen and oxygen atoms in total. The average molecular weight is 305 g/mol. The summed E-state index contributed by atoms with van der Waals surface area (Å²) in [4.78, 5) is 0. The molecule has 0 N–H and O–H groups in total. The van der Waals surface area contributed by atoms with Crippen molar-refractivity contribution >= 4 is 11.6 Å². The van der Waals surface area contributed by atoms with Crippen molar-refractivity contribution in [1.82, 2.24) is 0 Å². The van der Waals surface area contributed by atoms with Crippen LogP contribution in [0.2, 0.25) is 5.02 Å². The number of hydrogen-bond donors (Lipinski definition) is 0. The Morgan fingerprint density at radius 2 is 1.67 bits per heavy atom. The maximum atomic E-state index is 6.02. The van der Waals surface area contributed by atoms with Crippen LogP contribution < -0.4 is 0 Å². The van der Waals surface area contributed by atoms with E-state index < -0.39 is 0 Å². The van der Waals surface area contributed by atoms with Gasteiger partial charge in [0.05, 0.1) is 0 Å². The van der Waals surface area contributed by atoms with Crippen molar-refractivity contribution in [3.05, 3.63) is 34.9 Å². The molecule has 0 aromatic heterocycles. The maximum absolute atomic E-state index is 6.02. The highest BCUT2D eigenvalue weighted by molar-refractivity contribution is 6.30. The molecule has 0 aliphatic heterocycles. The predicted octanol–water partition coefficient (Wildman–Crippen LogP) is 6.83. The summed E-state index contributed by atoms with van der Waals surface area (Å²) in [6, 6.07) is 8.62. The standard InChI is InChI=1S/C20H29Cl/c1-2-3-4-15-5-6-19-14-18(8-7-17(19)13-15)16-9-11-20(21)12-10-16/h9-12,15,17-19H,2-8,13-14H2,1H3. The second-order valence-corrected chi connectivity index (χ2v) is 7.84. The average Bonchev–Trinajstić information content (AvgIpc) is 2.53. The normalized spacial score (nSPS) is 32.7. The molecule has 116 valence electrons. The molecule has 2 fully saturated rings. The summed E-state index contributed by atoms with van der Waals surface area (Å²) in [5.41, 5.74) is 1.52. The van der Waals surface area contributed by atoms with E-state index in [9.17, 15) is 0 Å². The van der Waals surface area contributed by atoms with Gasteiger partial charge >= 0.3 is 0 Å². The molecule has 0 spiro atoms. The lowest BCUT2D eigenvalue weighted by Crippen LogP contribution is -2.30. The molecule has 1 aromatic carbocycles. The van der Waals surface area contributed by atoms with E-state index in [1.54, 1.807) is 0 Å². The van der Waals surface area contributed by atoms with Gasteiger partial charge in [-0.1, -0.05) is 56.3 Å². The molecule has 21 heavy (non-hydrogen) atoms. The lowest BCUT2D eigenvalue weighted by atomic mass is 9.63. The van der Waals surface area contributed by atoms with Crippen LogP contribution in [0, 0.1) is 17.8 Å². The van der Waals surface area contributed by atoms with Crippen molar-refractivity contribution in [1.29, 1.82) is 0 Å². The summed E-state index contributed by atoms with van der Waals surface area (Å²) in [6.07, 6.45) is 13.1. The van der Waals surface area contributed by atoms with Crippen molar-refractivity contribution < 1.29 is 0 Å². The minimum Gasteiger partial charge on any atom is -0.0843 e. The van der Waals surface area contributed by atoms with Crippen molar-refractivity contribution in [2.24, 2.45) is 17.8 Å². The first-order valence-corrected chi connectivity index (χ1v) is 9.39. The number of hydrogen-bond acceptors (Lipinski definition) is 0. The third-order valence-corrected chi connectivity index (χ3v) is 6.28. The molecule has 0 amide bonds. The number of fused-ring (bicyclic) bond motifs is 1. The van der Waals surface area contributed by atoms with Crippen LogP contribution in [0.3, 0.4) is 0 Å². The van der Waals surface area contributed by atoms with Crippen LogP contribution in [0.15, 0.2) is 24.3 Å². The summed E-state index contributed by atoms with van der Waals surface area (Å²) in [7, 11) is 0. The van der Waals surface area contributed by atoms with E-state index in [-0.39, 0.29) is 0 Å². The first kappa shape index (κ1) is 15.4. The largest absolute Gasteiger partial charge is 0.0843 e. The van der Waals surface area contributed by atoms with Crippen LogP contribution in [0.5, 0.6) is 0 Å². The Kier molecular flexibility index (Phi) is 5.27. The predicted molar refractivity (Wildman–Crippen MR) is 91.9 cm³/mol. The molecule has 2 aliphatic rings. The van der Waals surface area contributed by atoms with Gasteiger partial charge in [0.2, 0.25) is 0 Å². The Morgan fingerprint density at radius 1 is 0.952 bits per heavy atom. The Hall–Kier alpha value is -0.490. The second-order valence-electron chi connectivity index (χ2n) is 7.40. The smallest absolute Gasteiger partial charge is 0.0406 e. The summed E-state index contributed by atoms with van der Waals surface area (Å²) in [5.74, 6) is 3.86. The highest BCUT2D eigenvalue weighted by Crippen LogP contribution is 2.48. The minimum atomic E-state index is 0.788. The molecule has 2 saturated carbocycles. The Balaban J connectivity index is 1.56. The van der Waals surface area contributed by atoms with E-state index in [1.807, 2.05) is 0 Å². The molecule has 0 radical (unpaired) electrons. The van der Waals surface area contributed by atoms with E-state index in [0.29, 0.717) is 0 Å². The van der Waals surface area contributed by atoms with Crippen molar-refractivity contribution in [2.45, 2.75) is 70.6 Å². The van der Waals surface area contributed by atoms with Crippen LogP contribution >= 0.6 is 11.6 Å².